The number of hydrogen-bond donors (Lipinski definition) is 1. The van der Waals surface area contributed by atoms with Crippen LogP contribution >= 0.6 is 0 Å². The first kappa shape index (κ1) is 11.5. The molecule has 0 bridgehead atoms. The van der Waals surface area contributed by atoms with Crippen molar-refractivity contribution in [3.05, 3.63) is 35.8 Å². The summed E-state index contributed by atoms with van der Waals surface area (Å²) in [7, 11) is 0. The highest BCUT2D eigenvalue weighted by atomic mass is 16.5. The van der Waals surface area contributed by atoms with Crippen LogP contribution in [-0.4, -0.2) is 17.7 Å². The highest BCUT2D eigenvalue weighted by molar-refractivity contribution is 5.87. The van der Waals surface area contributed by atoms with Gasteiger partial charge in [-0.15, -0.1) is 6.58 Å². The summed E-state index contributed by atoms with van der Waals surface area (Å²) < 4.78 is 10.3. The summed E-state index contributed by atoms with van der Waals surface area (Å²) >= 11 is 0. The Morgan fingerprint density at radius 3 is 2.93 bits per heavy atom. The molecule has 1 rings (SSSR count). The second-order valence-electron chi connectivity index (χ2n) is 3.37. The molecular formula is C11H14O4. The molecule has 4 nitrogen and oxygen atoms in total. The summed E-state index contributed by atoms with van der Waals surface area (Å²) in [5.41, 5.74) is 1.20. The number of carboxylic acid groups (broad SMARTS) is 1. The fraction of sp³-hybridized carbons (Fsp3) is 0.364. The molecule has 0 unspecified atom stereocenters. The SMILES string of the molecule is C=C(C)CCOCc1cc(C(=O)O)co1. The molecule has 1 heterocycles. The first-order valence-electron chi connectivity index (χ1n) is 4.62. The Morgan fingerprint density at radius 1 is 1.67 bits per heavy atom. The molecule has 0 spiro atoms. The molecule has 4 heteroatoms. The van der Waals surface area contributed by atoms with Crippen molar-refractivity contribution in [2.75, 3.05) is 6.61 Å². The van der Waals surface area contributed by atoms with Crippen LogP contribution in [0.15, 0.2) is 28.9 Å². The van der Waals surface area contributed by atoms with Gasteiger partial charge in [0.2, 0.25) is 0 Å². The third-order valence-electron chi connectivity index (χ3n) is 1.82. The van der Waals surface area contributed by atoms with Gasteiger partial charge in [-0.2, -0.15) is 0 Å². The van der Waals surface area contributed by atoms with Gasteiger partial charge in [0.25, 0.3) is 0 Å². The van der Waals surface area contributed by atoms with E-state index in [-0.39, 0.29) is 5.56 Å². The van der Waals surface area contributed by atoms with Crippen LogP contribution in [0.2, 0.25) is 0 Å². The van der Waals surface area contributed by atoms with E-state index in [4.69, 9.17) is 14.3 Å². The Balaban J connectivity index is 2.31. The number of aromatic carboxylic acids is 1. The average molecular weight is 210 g/mol. The molecular weight excluding hydrogens is 196 g/mol. The van der Waals surface area contributed by atoms with E-state index >= 15 is 0 Å². The summed E-state index contributed by atoms with van der Waals surface area (Å²) in [5.74, 6) is -0.471. The van der Waals surface area contributed by atoms with Gasteiger partial charge < -0.3 is 14.3 Å². The van der Waals surface area contributed by atoms with Crippen LogP contribution < -0.4 is 0 Å². The second-order valence-corrected chi connectivity index (χ2v) is 3.37. The summed E-state index contributed by atoms with van der Waals surface area (Å²) in [4.78, 5) is 10.5. The monoisotopic (exact) mass is 210 g/mol. The van der Waals surface area contributed by atoms with E-state index < -0.39 is 5.97 Å². The van der Waals surface area contributed by atoms with Crippen molar-refractivity contribution >= 4 is 5.97 Å². The lowest BCUT2D eigenvalue weighted by Gasteiger charge is -2.00. The third kappa shape index (κ3) is 3.99. The van der Waals surface area contributed by atoms with Crippen molar-refractivity contribution in [3.8, 4) is 0 Å². The van der Waals surface area contributed by atoms with Gasteiger partial charge >= 0.3 is 5.97 Å². The summed E-state index contributed by atoms with van der Waals surface area (Å²) in [6, 6.07) is 1.46. The number of carboxylic acids is 1. The van der Waals surface area contributed by atoms with Crippen molar-refractivity contribution in [1.82, 2.24) is 0 Å². The van der Waals surface area contributed by atoms with Gasteiger partial charge in [-0.05, 0) is 19.4 Å². The maximum atomic E-state index is 10.5. The zero-order valence-electron chi connectivity index (χ0n) is 8.66. The largest absolute Gasteiger partial charge is 0.478 e. The molecule has 15 heavy (non-hydrogen) atoms. The van der Waals surface area contributed by atoms with Crippen molar-refractivity contribution in [3.63, 3.8) is 0 Å². The molecule has 0 fully saturated rings. The molecule has 1 N–H and O–H groups in total. The van der Waals surface area contributed by atoms with Gasteiger partial charge in [-0.1, -0.05) is 5.57 Å². The first-order chi connectivity index (χ1) is 7.09. The lowest BCUT2D eigenvalue weighted by molar-refractivity contribution is 0.0696. The maximum absolute atomic E-state index is 10.5. The maximum Gasteiger partial charge on any atom is 0.338 e. The normalized spacial score (nSPS) is 10.2. The van der Waals surface area contributed by atoms with E-state index in [2.05, 4.69) is 6.58 Å². The van der Waals surface area contributed by atoms with E-state index in [9.17, 15) is 4.79 Å². The second kappa shape index (κ2) is 5.36. The van der Waals surface area contributed by atoms with E-state index in [0.717, 1.165) is 12.0 Å². The van der Waals surface area contributed by atoms with Crippen LogP contribution in [0, 0.1) is 0 Å². The van der Waals surface area contributed by atoms with Crippen molar-refractivity contribution < 1.29 is 19.1 Å². The van der Waals surface area contributed by atoms with E-state index in [1.165, 1.54) is 12.3 Å². The molecule has 1 aromatic rings. The predicted octanol–water partition coefficient (Wildman–Crippen LogP) is 2.46. The number of furan rings is 1. The van der Waals surface area contributed by atoms with Gasteiger partial charge in [0.1, 0.15) is 18.6 Å². The third-order valence-corrected chi connectivity index (χ3v) is 1.82. The molecule has 0 saturated heterocycles. The molecule has 0 radical (unpaired) electrons. The van der Waals surface area contributed by atoms with Crippen LogP contribution in [0.25, 0.3) is 0 Å². The fourth-order valence-electron chi connectivity index (χ4n) is 0.988. The fourth-order valence-corrected chi connectivity index (χ4v) is 0.988. The van der Waals surface area contributed by atoms with Crippen molar-refractivity contribution in [2.45, 2.75) is 20.0 Å². The predicted molar refractivity (Wildman–Crippen MR) is 54.8 cm³/mol. The van der Waals surface area contributed by atoms with Crippen LogP contribution in [0.3, 0.4) is 0 Å². The average Bonchev–Trinajstić information content (AvgIpc) is 2.60. The highest BCUT2D eigenvalue weighted by Crippen LogP contribution is 2.09. The topological polar surface area (TPSA) is 59.7 Å². The minimum absolute atomic E-state index is 0.147. The number of ether oxygens (including phenoxy) is 1. The minimum Gasteiger partial charge on any atom is -0.478 e. The highest BCUT2D eigenvalue weighted by Gasteiger charge is 2.07. The van der Waals surface area contributed by atoms with Crippen LogP contribution in [0.4, 0.5) is 0 Å². The van der Waals surface area contributed by atoms with Crippen molar-refractivity contribution in [1.29, 1.82) is 0 Å². The van der Waals surface area contributed by atoms with E-state index in [1.54, 1.807) is 0 Å². The molecule has 0 aliphatic rings. The Kier molecular flexibility index (Phi) is 4.12. The Morgan fingerprint density at radius 2 is 2.40 bits per heavy atom. The molecule has 0 atom stereocenters. The van der Waals surface area contributed by atoms with Gasteiger partial charge in [0.05, 0.1) is 12.2 Å². The van der Waals surface area contributed by atoms with Crippen molar-refractivity contribution in [2.24, 2.45) is 0 Å². The zero-order valence-corrected chi connectivity index (χ0v) is 8.66. The lowest BCUT2D eigenvalue weighted by Crippen LogP contribution is -1.95. The van der Waals surface area contributed by atoms with Crippen LogP contribution in [0.1, 0.15) is 29.5 Å². The van der Waals surface area contributed by atoms with E-state index in [1.807, 2.05) is 6.92 Å². The van der Waals surface area contributed by atoms with Crippen LogP contribution in [0.5, 0.6) is 0 Å². The zero-order chi connectivity index (χ0) is 11.3. The van der Waals surface area contributed by atoms with Gasteiger partial charge in [0.15, 0.2) is 0 Å². The minimum atomic E-state index is -0.994. The van der Waals surface area contributed by atoms with E-state index in [0.29, 0.717) is 19.0 Å². The molecule has 0 aliphatic heterocycles. The summed E-state index contributed by atoms with van der Waals surface area (Å²) in [6.45, 7) is 6.54. The Hall–Kier alpha value is -1.55. The molecule has 0 amide bonds. The summed E-state index contributed by atoms with van der Waals surface area (Å²) in [5, 5.41) is 8.63. The Bertz CT molecular complexity index is 351. The van der Waals surface area contributed by atoms with Gasteiger partial charge in [-0.3, -0.25) is 0 Å². The summed E-state index contributed by atoms with van der Waals surface area (Å²) in [6.07, 6.45) is 2.01. The molecule has 0 aliphatic carbocycles. The number of rotatable bonds is 6. The lowest BCUT2D eigenvalue weighted by atomic mass is 10.3. The quantitative estimate of drug-likeness (QED) is 0.578. The molecule has 0 saturated carbocycles. The molecule has 82 valence electrons. The van der Waals surface area contributed by atoms with Gasteiger partial charge in [-0.25, -0.2) is 4.79 Å². The van der Waals surface area contributed by atoms with Crippen LogP contribution in [-0.2, 0) is 11.3 Å². The smallest absolute Gasteiger partial charge is 0.338 e. The Labute approximate surface area is 88.2 Å². The number of hydrogen-bond acceptors (Lipinski definition) is 3. The first-order valence-corrected chi connectivity index (χ1v) is 4.62. The number of carbonyl (C=O) groups is 1. The van der Waals surface area contributed by atoms with Gasteiger partial charge in [0, 0.05) is 0 Å². The molecule has 0 aromatic carbocycles. The molecule has 1 aromatic heterocycles. The standard InChI is InChI=1S/C11H14O4/c1-8(2)3-4-14-7-10-5-9(6-15-10)11(12)13/h5-6H,1,3-4,7H2,2H3,(H,12,13).